The van der Waals surface area contributed by atoms with Crippen LogP contribution in [0.25, 0.3) is 11.1 Å². The molecule has 0 unspecified atom stereocenters. The first-order chi connectivity index (χ1) is 20.5. The third kappa shape index (κ3) is 6.64. The van der Waals surface area contributed by atoms with Crippen LogP contribution in [0.3, 0.4) is 0 Å². The van der Waals surface area contributed by atoms with Crippen LogP contribution >= 0.6 is 0 Å². The molecule has 0 saturated heterocycles. The minimum atomic E-state index is -0.687. The van der Waals surface area contributed by atoms with Crippen molar-refractivity contribution >= 4 is 40.8 Å². The van der Waals surface area contributed by atoms with Crippen molar-refractivity contribution in [1.29, 1.82) is 0 Å². The molecular weight excluding hydrogens is 542 g/mol. The van der Waals surface area contributed by atoms with Crippen molar-refractivity contribution in [2.24, 2.45) is 0 Å². The summed E-state index contributed by atoms with van der Waals surface area (Å²) >= 11 is 0. The van der Waals surface area contributed by atoms with Gasteiger partial charge in [0, 0.05) is 16.8 Å². The van der Waals surface area contributed by atoms with Gasteiger partial charge in [-0.3, -0.25) is 29.0 Å². The van der Waals surface area contributed by atoms with Crippen LogP contribution in [0.5, 0.6) is 0 Å². The second-order valence-electron chi connectivity index (χ2n) is 11.4. The van der Waals surface area contributed by atoms with Gasteiger partial charge in [0.15, 0.2) is 0 Å². The highest BCUT2D eigenvalue weighted by Gasteiger charge is 2.34. The zero-order chi connectivity index (χ0) is 30.7. The monoisotopic (exact) mass is 575 g/mol. The number of hydrogen-bond acceptors (Lipinski definition) is 5. The molecule has 0 radical (unpaired) electrons. The van der Waals surface area contributed by atoms with Crippen molar-refractivity contribution in [2.45, 2.75) is 33.3 Å². The van der Waals surface area contributed by atoms with Gasteiger partial charge in [-0.25, -0.2) is 0 Å². The molecule has 0 bridgehead atoms. The molecule has 218 valence electrons. The first kappa shape index (κ1) is 29.3. The molecular formula is C35H33N3O5. The Balaban J connectivity index is 1.32. The van der Waals surface area contributed by atoms with E-state index in [-0.39, 0.29) is 24.9 Å². The van der Waals surface area contributed by atoms with E-state index in [0.717, 1.165) is 16.7 Å². The number of carbonyl (C=O) groups is 4. The topological polar surface area (TPSA) is 96.0 Å². The molecule has 4 aromatic carbocycles. The van der Waals surface area contributed by atoms with Crippen LogP contribution in [0.1, 0.15) is 47.1 Å². The number of para-hydroxylation sites is 2. The van der Waals surface area contributed by atoms with Gasteiger partial charge < -0.3 is 10.1 Å². The summed E-state index contributed by atoms with van der Waals surface area (Å²) in [7, 11) is 0. The molecule has 0 atom stereocenters. The first-order valence-electron chi connectivity index (χ1n) is 14.0. The van der Waals surface area contributed by atoms with Gasteiger partial charge in [0.25, 0.3) is 11.8 Å². The van der Waals surface area contributed by atoms with Gasteiger partial charge in [-0.2, -0.15) is 0 Å². The van der Waals surface area contributed by atoms with E-state index in [9.17, 15) is 19.2 Å². The normalized spacial score (nSPS) is 12.9. The number of carbonyl (C=O) groups excluding carboxylic acids is 4. The third-order valence-electron chi connectivity index (χ3n) is 6.93. The van der Waals surface area contributed by atoms with E-state index < -0.39 is 17.5 Å². The van der Waals surface area contributed by atoms with Crippen molar-refractivity contribution in [3.05, 3.63) is 114 Å². The summed E-state index contributed by atoms with van der Waals surface area (Å²) < 4.78 is 5.40. The van der Waals surface area contributed by atoms with E-state index in [4.69, 9.17) is 4.74 Å². The summed E-state index contributed by atoms with van der Waals surface area (Å²) in [6.07, 6.45) is 0. The van der Waals surface area contributed by atoms with Crippen LogP contribution in [0.4, 0.5) is 17.1 Å². The fourth-order valence-corrected chi connectivity index (χ4v) is 4.93. The summed E-state index contributed by atoms with van der Waals surface area (Å²) in [6, 6.07) is 28.9. The summed E-state index contributed by atoms with van der Waals surface area (Å²) in [5, 5.41) is 2.92. The highest BCUT2D eigenvalue weighted by molar-refractivity contribution is 6.17. The molecule has 0 spiro atoms. The molecule has 1 N–H and O–H groups in total. The van der Waals surface area contributed by atoms with Gasteiger partial charge in [-0.05, 0) is 81.3 Å². The Bertz CT molecular complexity index is 1690. The number of benzene rings is 4. The van der Waals surface area contributed by atoms with Crippen LogP contribution in [0.15, 0.2) is 97.1 Å². The number of aryl methyl sites for hydroxylation is 1. The number of anilines is 3. The fourth-order valence-electron chi connectivity index (χ4n) is 4.93. The van der Waals surface area contributed by atoms with Crippen molar-refractivity contribution in [3.63, 3.8) is 0 Å². The minimum Gasteiger partial charge on any atom is -0.459 e. The van der Waals surface area contributed by atoms with Crippen molar-refractivity contribution < 1.29 is 23.9 Å². The van der Waals surface area contributed by atoms with Crippen LogP contribution in [-0.2, 0) is 14.3 Å². The Hall–Kier alpha value is -5.24. The Kier molecular flexibility index (Phi) is 8.12. The Morgan fingerprint density at radius 3 is 2.12 bits per heavy atom. The third-order valence-corrected chi connectivity index (χ3v) is 6.93. The lowest BCUT2D eigenvalue weighted by atomic mass is 9.98. The molecule has 5 rings (SSSR count). The SMILES string of the molecule is Cc1ccc(-c2ccccc2C(=O)Nc2ccc(C(=O)N3CC(=O)N(CC(=O)OC(C)(C)C)c4ccccc43)cc2)cc1. The van der Waals surface area contributed by atoms with E-state index in [0.29, 0.717) is 28.2 Å². The van der Waals surface area contributed by atoms with Gasteiger partial charge in [-0.15, -0.1) is 0 Å². The molecule has 1 aliphatic heterocycles. The zero-order valence-electron chi connectivity index (χ0n) is 24.6. The number of nitrogens with one attached hydrogen (secondary N) is 1. The van der Waals surface area contributed by atoms with Gasteiger partial charge in [-0.1, -0.05) is 60.2 Å². The van der Waals surface area contributed by atoms with Crippen molar-refractivity contribution in [1.82, 2.24) is 0 Å². The first-order valence-corrected chi connectivity index (χ1v) is 14.0. The predicted octanol–water partition coefficient (Wildman–Crippen LogP) is 6.25. The number of hydrogen-bond donors (Lipinski definition) is 1. The summed E-state index contributed by atoms with van der Waals surface area (Å²) in [6.45, 7) is 6.82. The highest BCUT2D eigenvalue weighted by Crippen LogP contribution is 2.34. The number of esters is 1. The van der Waals surface area contributed by atoms with Crippen LogP contribution in [0, 0.1) is 6.92 Å². The number of nitrogens with zero attached hydrogens (tertiary/aromatic N) is 2. The summed E-state index contributed by atoms with van der Waals surface area (Å²) in [5.41, 5.74) is 4.59. The van der Waals surface area contributed by atoms with E-state index in [2.05, 4.69) is 5.32 Å². The lowest BCUT2D eigenvalue weighted by molar-refractivity contribution is -0.153. The Morgan fingerprint density at radius 1 is 0.814 bits per heavy atom. The van der Waals surface area contributed by atoms with Crippen LogP contribution in [-0.4, -0.2) is 42.4 Å². The van der Waals surface area contributed by atoms with Gasteiger partial charge in [0.2, 0.25) is 5.91 Å². The number of rotatable bonds is 6. The van der Waals surface area contributed by atoms with Gasteiger partial charge in [0.1, 0.15) is 18.7 Å². The van der Waals surface area contributed by atoms with Crippen LogP contribution < -0.4 is 15.1 Å². The maximum atomic E-state index is 13.6. The van der Waals surface area contributed by atoms with E-state index in [1.54, 1.807) is 75.4 Å². The Morgan fingerprint density at radius 2 is 1.44 bits per heavy atom. The summed E-state index contributed by atoms with van der Waals surface area (Å²) in [4.78, 5) is 55.2. The maximum Gasteiger partial charge on any atom is 0.326 e. The minimum absolute atomic E-state index is 0.229. The average Bonchev–Trinajstić information content (AvgIpc) is 2.98. The maximum absolute atomic E-state index is 13.6. The highest BCUT2D eigenvalue weighted by atomic mass is 16.6. The fraction of sp³-hybridized carbons (Fsp3) is 0.200. The Labute approximate surface area is 250 Å². The second-order valence-corrected chi connectivity index (χ2v) is 11.4. The molecule has 0 aliphatic carbocycles. The molecule has 3 amide bonds. The summed E-state index contributed by atoms with van der Waals surface area (Å²) in [5.74, 6) is -1.57. The molecule has 4 aromatic rings. The number of amides is 3. The molecule has 8 heteroatoms. The van der Waals surface area contributed by atoms with E-state index in [1.165, 1.54) is 9.80 Å². The molecule has 0 fully saturated rings. The van der Waals surface area contributed by atoms with Gasteiger partial charge >= 0.3 is 5.97 Å². The number of ether oxygens (including phenoxy) is 1. The molecule has 1 heterocycles. The van der Waals surface area contributed by atoms with Gasteiger partial charge in [0.05, 0.1) is 11.4 Å². The van der Waals surface area contributed by atoms with Crippen molar-refractivity contribution in [2.75, 3.05) is 28.2 Å². The van der Waals surface area contributed by atoms with E-state index in [1.807, 2.05) is 49.4 Å². The average molecular weight is 576 g/mol. The zero-order valence-corrected chi connectivity index (χ0v) is 24.6. The lowest BCUT2D eigenvalue weighted by Crippen LogP contribution is -2.50. The standard InChI is InChI=1S/C35H33N3O5/c1-23-13-15-24(16-14-23)27-9-5-6-10-28(27)33(41)36-26-19-17-25(18-20-26)34(42)38-21-31(39)37(22-32(40)43-35(2,3)4)29-11-7-8-12-30(29)38/h5-20H,21-22H2,1-4H3,(H,36,41). The lowest BCUT2D eigenvalue weighted by Gasteiger charge is -2.36. The molecule has 43 heavy (non-hydrogen) atoms. The molecule has 0 aromatic heterocycles. The molecule has 8 nitrogen and oxygen atoms in total. The molecule has 0 saturated carbocycles. The molecule has 1 aliphatic rings. The predicted molar refractivity (Wildman–Crippen MR) is 167 cm³/mol. The van der Waals surface area contributed by atoms with Crippen molar-refractivity contribution in [3.8, 4) is 11.1 Å². The number of fused-ring (bicyclic) bond motifs is 1. The van der Waals surface area contributed by atoms with Crippen LogP contribution in [0.2, 0.25) is 0 Å². The van der Waals surface area contributed by atoms with E-state index >= 15 is 0 Å². The second kappa shape index (κ2) is 11.9. The smallest absolute Gasteiger partial charge is 0.326 e. The largest absolute Gasteiger partial charge is 0.459 e. The quantitative estimate of drug-likeness (QED) is 0.274.